The van der Waals surface area contributed by atoms with E-state index in [1.54, 1.807) is 25.3 Å². The van der Waals surface area contributed by atoms with E-state index in [1.807, 2.05) is 6.92 Å². The lowest BCUT2D eigenvalue weighted by molar-refractivity contribution is -0.384. The summed E-state index contributed by atoms with van der Waals surface area (Å²) in [5, 5.41) is 16.5. The summed E-state index contributed by atoms with van der Waals surface area (Å²) in [6.45, 7) is 2.62. The summed E-state index contributed by atoms with van der Waals surface area (Å²) in [7, 11) is 1.57. The molecule has 0 aliphatic carbocycles. The fourth-order valence-corrected chi connectivity index (χ4v) is 1.73. The number of anilines is 1. The van der Waals surface area contributed by atoms with Crippen molar-refractivity contribution in [2.75, 3.05) is 25.6 Å². The molecule has 20 heavy (non-hydrogen) atoms. The van der Waals surface area contributed by atoms with Gasteiger partial charge in [0.25, 0.3) is 5.69 Å². The second kappa shape index (κ2) is 8.11. The Hall–Kier alpha value is -2.15. The molecule has 0 spiro atoms. The number of methoxy groups -OCH3 is 1. The topological polar surface area (TPSA) is 93.5 Å². The van der Waals surface area contributed by atoms with E-state index < -0.39 is 4.92 Å². The van der Waals surface area contributed by atoms with Crippen molar-refractivity contribution >= 4 is 17.3 Å². The number of benzene rings is 1. The molecule has 0 fully saturated rings. The minimum atomic E-state index is -0.455. The second-order valence-corrected chi connectivity index (χ2v) is 4.37. The maximum Gasteiger partial charge on any atom is 0.292 e. The van der Waals surface area contributed by atoms with Gasteiger partial charge in [0.05, 0.1) is 11.5 Å². The monoisotopic (exact) mass is 281 g/mol. The third-order valence-corrected chi connectivity index (χ3v) is 2.59. The maximum absolute atomic E-state index is 11.6. The van der Waals surface area contributed by atoms with Crippen LogP contribution in [0.1, 0.15) is 13.3 Å². The fraction of sp³-hybridized carbons (Fsp3) is 0.462. The molecule has 1 atom stereocenters. The molecule has 2 N–H and O–H groups in total. The van der Waals surface area contributed by atoms with Crippen LogP contribution in [0.5, 0.6) is 0 Å². The summed E-state index contributed by atoms with van der Waals surface area (Å²) in [6.07, 6.45) is 0.236. The molecule has 1 aromatic rings. The molecule has 0 bridgehead atoms. The number of carbonyl (C=O) groups is 1. The summed E-state index contributed by atoms with van der Waals surface area (Å²) >= 11 is 0. The first-order valence-electron chi connectivity index (χ1n) is 6.30. The van der Waals surface area contributed by atoms with Gasteiger partial charge >= 0.3 is 0 Å². The average Bonchev–Trinajstić information content (AvgIpc) is 2.39. The smallest absolute Gasteiger partial charge is 0.292 e. The number of nitrogens with zero attached hydrogens (tertiary/aromatic N) is 1. The molecule has 0 saturated carbocycles. The zero-order chi connectivity index (χ0) is 15.0. The van der Waals surface area contributed by atoms with E-state index in [0.29, 0.717) is 18.8 Å². The highest BCUT2D eigenvalue weighted by Crippen LogP contribution is 2.22. The molecule has 110 valence electrons. The summed E-state index contributed by atoms with van der Waals surface area (Å²) in [5.74, 6) is -0.124. The van der Waals surface area contributed by atoms with Crippen molar-refractivity contribution in [2.24, 2.45) is 0 Å². The zero-order valence-corrected chi connectivity index (χ0v) is 11.6. The van der Waals surface area contributed by atoms with Crippen molar-refractivity contribution in [3.8, 4) is 0 Å². The van der Waals surface area contributed by atoms with Crippen LogP contribution in [0.4, 0.5) is 11.4 Å². The number of rotatable bonds is 8. The van der Waals surface area contributed by atoms with E-state index >= 15 is 0 Å². The Bertz CT molecular complexity index is 465. The molecule has 1 aromatic carbocycles. The molecule has 0 aliphatic heterocycles. The van der Waals surface area contributed by atoms with Gasteiger partial charge in [-0.3, -0.25) is 14.9 Å². The molecular weight excluding hydrogens is 262 g/mol. The van der Waals surface area contributed by atoms with Gasteiger partial charge in [0.1, 0.15) is 5.69 Å². The molecular formula is C13H19N3O4. The molecule has 0 heterocycles. The standard InChI is InChI=1S/C13H19N3O4/c1-10(9-20-2)15-13(17)7-8-14-11-5-3-4-6-12(11)16(18)19/h3-6,10,14H,7-9H2,1-2H3,(H,15,17). The highest BCUT2D eigenvalue weighted by atomic mass is 16.6. The van der Waals surface area contributed by atoms with Gasteiger partial charge in [-0.25, -0.2) is 0 Å². The van der Waals surface area contributed by atoms with Crippen LogP contribution >= 0.6 is 0 Å². The molecule has 0 aliphatic rings. The highest BCUT2D eigenvalue weighted by Gasteiger charge is 2.12. The molecule has 0 radical (unpaired) electrons. The zero-order valence-electron chi connectivity index (χ0n) is 11.6. The molecule has 1 rings (SSSR count). The van der Waals surface area contributed by atoms with Crippen LogP contribution in [0.2, 0.25) is 0 Å². The van der Waals surface area contributed by atoms with Crippen molar-refractivity contribution in [1.82, 2.24) is 5.32 Å². The van der Waals surface area contributed by atoms with Gasteiger partial charge in [0, 0.05) is 32.2 Å². The summed E-state index contributed by atoms with van der Waals surface area (Å²) < 4.78 is 4.92. The molecule has 7 heteroatoms. The third-order valence-electron chi connectivity index (χ3n) is 2.59. The van der Waals surface area contributed by atoms with Gasteiger partial charge in [-0.2, -0.15) is 0 Å². The van der Waals surface area contributed by atoms with Gasteiger partial charge in [-0.15, -0.1) is 0 Å². The van der Waals surface area contributed by atoms with Crippen LogP contribution < -0.4 is 10.6 Å². The van der Waals surface area contributed by atoms with Crippen molar-refractivity contribution in [1.29, 1.82) is 0 Å². The number of para-hydroxylation sites is 2. The Morgan fingerprint density at radius 2 is 2.15 bits per heavy atom. The van der Waals surface area contributed by atoms with Crippen LogP contribution in [-0.2, 0) is 9.53 Å². The average molecular weight is 281 g/mol. The predicted molar refractivity (Wildman–Crippen MR) is 75.7 cm³/mol. The fourth-order valence-electron chi connectivity index (χ4n) is 1.73. The van der Waals surface area contributed by atoms with Crippen LogP contribution in [-0.4, -0.2) is 37.1 Å². The molecule has 7 nitrogen and oxygen atoms in total. The number of hydrogen-bond donors (Lipinski definition) is 2. The minimum Gasteiger partial charge on any atom is -0.383 e. The number of carbonyl (C=O) groups excluding carboxylic acids is 1. The lowest BCUT2D eigenvalue weighted by Crippen LogP contribution is -2.36. The number of nitro benzene ring substituents is 1. The normalized spacial score (nSPS) is 11.7. The Morgan fingerprint density at radius 1 is 1.45 bits per heavy atom. The van der Waals surface area contributed by atoms with Crippen LogP contribution in [0, 0.1) is 10.1 Å². The van der Waals surface area contributed by atoms with Gasteiger partial charge in [0.2, 0.25) is 5.91 Å². The van der Waals surface area contributed by atoms with Crippen LogP contribution in [0.25, 0.3) is 0 Å². The van der Waals surface area contributed by atoms with E-state index in [2.05, 4.69) is 10.6 Å². The Kier molecular flexibility index (Phi) is 6.45. The van der Waals surface area contributed by atoms with Crippen LogP contribution in [0.3, 0.4) is 0 Å². The van der Waals surface area contributed by atoms with Crippen molar-refractivity contribution < 1.29 is 14.5 Å². The number of nitrogens with one attached hydrogen (secondary N) is 2. The molecule has 0 aromatic heterocycles. The largest absolute Gasteiger partial charge is 0.383 e. The number of hydrogen-bond acceptors (Lipinski definition) is 5. The van der Waals surface area contributed by atoms with E-state index in [4.69, 9.17) is 4.74 Å². The van der Waals surface area contributed by atoms with Gasteiger partial charge in [-0.05, 0) is 13.0 Å². The summed E-state index contributed by atoms with van der Waals surface area (Å²) in [6, 6.07) is 6.28. The van der Waals surface area contributed by atoms with E-state index in [0.717, 1.165) is 0 Å². The predicted octanol–water partition coefficient (Wildman–Crippen LogP) is 1.55. The van der Waals surface area contributed by atoms with Crippen LogP contribution in [0.15, 0.2) is 24.3 Å². The molecule has 1 amide bonds. The van der Waals surface area contributed by atoms with Gasteiger partial charge in [-0.1, -0.05) is 12.1 Å². The highest BCUT2D eigenvalue weighted by molar-refractivity contribution is 5.77. The lowest BCUT2D eigenvalue weighted by atomic mass is 10.2. The number of amides is 1. The summed E-state index contributed by atoms with van der Waals surface area (Å²) in [5.41, 5.74) is 0.413. The SMILES string of the molecule is COCC(C)NC(=O)CCNc1ccccc1[N+](=O)[O-]. The van der Waals surface area contributed by atoms with E-state index in [1.165, 1.54) is 6.07 Å². The Morgan fingerprint density at radius 3 is 2.80 bits per heavy atom. The maximum atomic E-state index is 11.6. The molecule has 1 unspecified atom stereocenters. The number of ether oxygens (including phenoxy) is 1. The van der Waals surface area contributed by atoms with E-state index in [9.17, 15) is 14.9 Å². The van der Waals surface area contributed by atoms with Gasteiger partial charge in [0.15, 0.2) is 0 Å². The second-order valence-electron chi connectivity index (χ2n) is 4.37. The van der Waals surface area contributed by atoms with Crippen molar-refractivity contribution in [3.05, 3.63) is 34.4 Å². The first kappa shape index (κ1) is 15.9. The first-order valence-corrected chi connectivity index (χ1v) is 6.30. The van der Waals surface area contributed by atoms with E-state index in [-0.39, 0.29) is 24.1 Å². The Labute approximate surface area is 117 Å². The molecule has 0 saturated heterocycles. The number of nitro groups is 1. The lowest BCUT2D eigenvalue weighted by Gasteiger charge is -2.13. The minimum absolute atomic E-state index is 0.000610. The third kappa shape index (κ3) is 5.23. The first-order chi connectivity index (χ1) is 9.54. The van der Waals surface area contributed by atoms with Crippen molar-refractivity contribution in [2.45, 2.75) is 19.4 Å². The van der Waals surface area contributed by atoms with Gasteiger partial charge < -0.3 is 15.4 Å². The summed E-state index contributed by atoms with van der Waals surface area (Å²) in [4.78, 5) is 22.0. The Balaban J connectivity index is 2.41. The quantitative estimate of drug-likeness (QED) is 0.557. The van der Waals surface area contributed by atoms with Crippen molar-refractivity contribution in [3.63, 3.8) is 0 Å².